The van der Waals surface area contributed by atoms with Crippen molar-refractivity contribution in [3.8, 4) is 0 Å². The lowest BCUT2D eigenvalue weighted by molar-refractivity contribution is 0.389. The second-order valence-corrected chi connectivity index (χ2v) is 5.94. The van der Waals surface area contributed by atoms with E-state index < -0.39 is 0 Å². The average Bonchev–Trinajstić information content (AvgIpc) is 2.27. The zero-order valence-electron chi connectivity index (χ0n) is 12.9. The molecular formula is C13H26N6. The van der Waals surface area contributed by atoms with E-state index in [1.165, 1.54) is 0 Å². The first-order valence-corrected chi connectivity index (χ1v) is 6.73. The second kappa shape index (κ2) is 6.54. The fourth-order valence-corrected chi connectivity index (χ4v) is 1.43. The zero-order chi connectivity index (χ0) is 14.5. The molecule has 0 unspecified atom stereocenters. The summed E-state index contributed by atoms with van der Waals surface area (Å²) in [5.41, 5.74) is 0.301. The Morgan fingerprint density at radius 3 is 2.05 bits per heavy atom. The lowest BCUT2D eigenvalue weighted by atomic mass is 9.92. The first-order chi connectivity index (χ1) is 8.81. The maximum atomic E-state index is 4.39. The van der Waals surface area contributed by atoms with Gasteiger partial charge in [0, 0.05) is 27.2 Å². The number of nitrogens with one attached hydrogen (secondary N) is 2. The summed E-state index contributed by atoms with van der Waals surface area (Å²) in [6.45, 7) is 10.3. The van der Waals surface area contributed by atoms with E-state index in [4.69, 9.17) is 0 Å². The van der Waals surface area contributed by atoms with Gasteiger partial charge in [-0.3, -0.25) is 0 Å². The van der Waals surface area contributed by atoms with Crippen molar-refractivity contribution in [3.63, 3.8) is 0 Å². The minimum Gasteiger partial charge on any atom is -0.354 e. The van der Waals surface area contributed by atoms with E-state index in [0.717, 1.165) is 19.5 Å². The molecule has 0 aliphatic carbocycles. The average molecular weight is 266 g/mol. The molecule has 6 heteroatoms. The predicted molar refractivity (Wildman–Crippen MR) is 80.9 cm³/mol. The van der Waals surface area contributed by atoms with Gasteiger partial charge in [-0.15, -0.1) is 0 Å². The number of nitrogens with zero attached hydrogens (tertiary/aromatic N) is 4. The van der Waals surface area contributed by atoms with Gasteiger partial charge in [0.05, 0.1) is 0 Å². The van der Waals surface area contributed by atoms with Gasteiger partial charge in [-0.05, 0) is 18.8 Å². The third-order valence-electron chi connectivity index (χ3n) is 2.52. The second-order valence-electron chi connectivity index (χ2n) is 5.94. The van der Waals surface area contributed by atoms with Crippen molar-refractivity contribution < 1.29 is 0 Å². The molecule has 1 heterocycles. The van der Waals surface area contributed by atoms with E-state index in [1.807, 2.05) is 25.9 Å². The Balaban J connectivity index is 2.75. The van der Waals surface area contributed by atoms with Gasteiger partial charge in [-0.2, -0.15) is 15.0 Å². The van der Waals surface area contributed by atoms with Crippen LogP contribution in [0.4, 0.5) is 17.8 Å². The third-order valence-corrected chi connectivity index (χ3v) is 2.52. The number of anilines is 3. The first-order valence-electron chi connectivity index (χ1n) is 6.73. The van der Waals surface area contributed by atoms with Gasteiger partial charge in [0.2, 0.25) is 17.8 Å². The number of hydrogen-bond donors (Lipinski definition) is 2. The van der Waals surface area contributed by atoms with Gasteiger partial charge in [0.1, 0.15) is 0 Å². The molecular weight excluding hydrogens is 240 g/mol. The highest BCUT2D eigenvalue weighted by atomic mass is 15.3. The van der Waals surface area contributed by atoms with Crippen molar-refractivity contribution >= 4 is 17.8 Å². The predicted octanol–water partition coefficient (Wildman–Crippen LogP) is 2.22. The minimum atomic E-state index is 0.301. The van der Waals surface area contributed by atoms with E-state index in [2.05, 4.69) is 46.4 Å². The summed E-state index contributed by atoms with van der Waals surface area (Å²) >= 11 is 0. The lowest BCUT2D eigenvalue weighted by Crippen LogP contribution is -2.19. The third kappa shape index (κ3) is 5.72. The van der Waals surface area contributed by atoms with Crippen LogP contribution in [0.25, 0.3) is 0 Å². The summed E-state index contributed by atoms with van der Waals surface area (Å²) in [6, 6.07) is 0. The van der Waals surface area contributed by atoms with E-state index in [1.54, 1.807) is 0 Å². The molecule has 0 atom stereocenters. The summed E-state index contributed by atoms with van der Waals surface area (Å²) in [7, 11) is 3.84. The SMILES string of the molecule is CCNc1nc(NCCC(C)(C)C)nc(N(C)C)n1. The molecule has 0 amide bonds. The maximum Gasteiger partial charge on any atom is 0.231 e. The zero-order valence-corrected chi connectivity index (χ0v) is 12.9. The molecule has 0 radical (unpaired) electrons. The van der Waals surface area contributed by atoms with Crippen LogP contribution in [-0.4, -0.2) is 42.1 Å². The Kier molecular flexibility index (Phi) is 5.32. The molecule has 0 saturated carbocycles. The summed E-state index contributed by atoms with van der Waals surface area (Å²) in [5, 5.41) is 6.39. The van der Waals surface area contributed by atoms with Gasteiger partial charge in [0.25, 0.3) is 0 Å². The molecule has 0 spiro atoms. The molecule has 0 aromatic carbocycles. The molecule has 0 bridgehead atoms. The number of aromatic nitrogens is 3. The van der Waals surface area contributed by atoms with Crippen LogP contribution in [0, 0.1) is 5.41 Å². The van der Waals surface area contributed by atoms with Gasteiger partial charge in [-0.25, -0.2) is 0 Å². The van der Waals surface area contributed by atoms with Crippen molar-refractivity contribution in [2.45, 2.75) is 34.1 Å². The van der Waals surface area contributed by atoms with E-state index in [-0.39, 0.29) is 0 Å². The van der Waals surface area contributed by atoms with Crippen molar-refractivity contribution in [1.82, 2.24) is 15.0 Å². The molecule has 1 aromatic heterocycles. The molecule has 2 N–H and O–H groups in total. The normalized spacial score (nSPS) is 11.3. The summed E-state index contributed by atoms with van der Waals surface area (Å²) in [6.07, 6.45) is 1.06. The van der Waals surface area contributed by atoms with Crippen LogP contribution in [0.1, 0.15) is 34.1 Å². The monoisotopic (exact) mass is 266 g/mol. The highest BCUT2D eigenvalue weighted by molar-refractivity contribution is 5.42. The van der Waals surface area contributed by atoms with Crippen molar-refractivity contribution in [2.24, 2.45) is 5.41 Å². The van der Waals surface area contributed by atoms with E-state index in [0.29, 0.717) is 23.3 Å². The Morgan fingerprint density at radius 1 is 1.00 bits per heavy atom. The van der Waals surface area contributed by atoms with Crippen LogP contribution in [0.15, 0.2) is 0 Å². The quantitative estimate of drug-likeness (QED) is 0.823. The summed E-state index contributed by atoms with van der Waals surface area (Å²) < 4.78 is 0. The first kappa shape index (κ1) is 15.5. The van der Waals surface area contributed by atoms with Crippen LogP contribution in [0.5, 0.6) is 0 Å². The Hall–Kier alpha value is -1.59. The topological polar surface area (TPSA) is 66.0 Å². The highest BCUT2D eigenvalue weighted by Crippen LogP contribution is 2.18. The highest BCUT2D eigenvalue weighted by Gasteiger charge is 2.11. The smallest absolute Gasteiger partial charge is 0.231 e. The van der Waals surface area contributed by atoms with E-state index >= 15 is 0 Å². The van der Waals surface area contributed by atoms with Crippen LogP contribution in [0.3, 0.4) is 0 Å². The van der Waals surface area contributed by atoms with Gasteiger partial charge in [0.15, 0.2) is 0 Å². The molecule has 108 valence electrons. The molecule has 0 aliphatic rings. The number of rotatable bonds is 6. The van der Waals surface area contributed by atoms with Crippen molar-refractivity contribution in [1.29, 1.82) is 0 Å². The number of hydrogen-bond acceptors (Lipinski definition) is 6. The van der Waals surface area contributed by atoms with Crippen molar-refractivity contribution in [3.05, 3.63) is 0 Å². The van der Waals surface area contributed by atoms with Gasteiger partial charge < -0.3 is 15.5 Å². The molecule has 0 saturated heterocycles. The van der Waals surface area contributed by atoms with Gasteiger partial charge in [-0.1, -0.05) is 20.8 Å². The van der Waals surface area contributed by atoms with Crippen molar-refractivity contribution in [2.75, 3.05) is 42.7 Å². The van der Waals surface area contributed by atoms with Crippen LogP contribution < -0.4 is 15.5 Å². The van der Waals surface area contributed by atoms with Crippen LogP contribution in [0.2, 0.25) is 0 Å². The fraction of sp³-hybridized carbons (Fsp3) is 0.769. The Morgan fingerprint density at radius 2 is 1.58 bits per heavy atom. The minimum absolute atomic E-state index is 0.301. The summed E-state index contributed by atoms with van der Waals surface area (Å²) in [5.74, 6) is 1.89. The fourth-order valence-electron chi connectivity index (χ4n) is 1.43. The van der Waals surface area contributed by atoms with Crippen LogP contribution in [-0.2, 0) is 0 Å². The Labute approximate surface area is 116 Å². The van der Waals surface area contributed by atoms with E-state index in [9.17, 15) is 0 Å². The lowest BCUT2D eigenvalue weighted by Gasteiger charge is -2.18. The molecule has 6 nitrogen and oxygen atoms in total. The van der Waals surface area contributed by atoms with Gasteiger partial charge >= 0.3 is 0 Å². The maximum absolute atomic E-state index is 4.39. The Bertz CT molecular complexity index is 397. The molecule has 0 aliphatic heterocycles. The standard InChI is InChI=1S/C13H26N6/c1-7-14-10-16-11(15-9-8-13(2,3)4)18-12(17-10)19(5)6/h7-9H2,1-6H3,(H2,14,15,16,17,18). The molecule has 19 heavy (non-hydrogen) atoms. The molecule has 0 fully saturated rings. The largest absolute Gasteiger partial charge is 0.354 e. The summed E-state index contributed by atoms with van der Waals surface area (Å²) in [4.78, 5) is 14.9. The van der Waals surface area contributed by atoms with Crippen LogP contribution >= 0.6 is 0 Å². The molecule has 1 aromatic rings. The molecule has 1 rings (SSSR count).